The van der Waals surface area contributed by atoms with E-state index in [2.05, 4.69) is 29.6 Å². The molecule has 3 nitrogen and oxygen atoms in total. The SMILES string of the molecule is NC(=O)c1ccc(CNCC2Cc3ccccc32)cc1. The second kappa shape index (κ2) is 5.47. The lowest BCUT2D eigenvalue weighted by Gasteiger charge is -2.30. The Morgan fingerprint density at radius 3 is 2.60 bits per heavy atom. The predicted octanol–water partition coefficient (Wildman–Crippen LogP) is 2.21. The predicted molar refractivity (Wildman–Crippen MR) is 79.6 cm³/mol. The zero-order chi connectivity index (χ0) is 13.9. The summed E-state index contributed by atoms with van der Waals surface area (Å²) in [5.41, 5.74) is 9.90. The van der Waals surface area contributed by atoms with Gasteiger partial charge in [0.15, 0.2) is 0 Å². The van der Waals surface area contributed by atoms with Crippen molar-refractivity contribution in [2.75, 3.05) is 6.54 Å². The first-order valence-corrected chi connectivity index (χ1v) is 6.91. The summed E-state index contributed by atoms with van der Waals surface area (Å²) in [6.07, 6.45) is 1.17. The number of fused-ring (bicyclic) bond motifs is 1. The second-order valence-electron chi connectivity index (χ2n) is 5.29. The molecule has 0 spiro atoms. The lowest BCUT2D eigenvalue weighted by molar-refractivity contribution is 0.100. The Morgan fingerprint density at radius 2 is 1.90 bits per heavy atom. The molecule has 0 saturated carbocycles. The van der Waals surface area contributed by atoms with E-state index in [0.29, 0.717) is 11.5 Å². The van der Waals surface area contributed by atoms with Crippen molar-refractivity contribution in [2.24, 2.45) is 5.73 Å². The molecule has 1 atom stereocenters. The molecule has 0 fully saturated rings. The molecule has 0 bridgehead atoms. The number of primary amides is 1. The summed E-state index contributed by atoms with van der Waals surface area (Å²) < 4.78 is 0. The number of carbonyl (C=O) groups excluding carboxylic acids is 1. The van der Waals surface area contributed by atoms with Gasteiger partial charge in [-0.2, -0.15) is 0 Å². The van der Waals surface area contributed by atoms with Gasteiger partial charge in [0, 0.05) is 24.6 Å². The number of amides is 1. The maximum atomic E-state index is 11.0. The Bertz CT molecular complexity index is 619. The summed E-state index contributed by atoms with van der Waals surface area (Å²) in [7, 11) is 0. The van der Waals surface area contributed by atoms with Crippen LogP contribution in [0.3, 0.4) is 0 Å². The topological polar surface area (TPSA) is 55.1 Å². The standard InChI is InChI=1S/C17H18N2O/c18-17(20)13-7-5-12(6-8-13)10-19-11-15-9-14-3-1-2-4-16(14)15/h1-8,15,19H,9-11H2,(H2,18,20). The molecule has 1 unspecified atom stereocenters. The molecule has 3 heteroatoms. The van der Waals surface area contributed by atoms with Gasteiger partial charge in [0.2, 0.25) is 5.91 Å². The van der Waals surface area contributed by atoms with Crippen molar-refractivity contribution < 1.29 is 4.79 Å². The third-order valence-corrected chi connectivity index (χ3v) is 3.92. The van der Waals surface area contributed by atoms with Gasteiger partial charge >= 0.3 is 0 Å². The van der Waals surface area contributed by atoms with Crippen LogP contribution in [0.4, 0.5) is 0 Å². The number of rotatable bonds is 5. The van der Waals surface area contributed by atoms with Gasteiger partial charge in [0.1, 0.15) is 0 Å². The van der Waals surface area contributed by atoms with Crippen LogP contribution < -0.4 is 11.1 Å². The van der Waals surface area contributed by atoms with Crippen LogP contribution in [-0.2, 0) is 13.0 Å². The first-order chi connectivity index (χ1) is 9.74. The molecule has 0 aliphatic heterocycles. The summed E-state index contributed by atoms with van der Waals surface area (Å²) >= 11 is 0. The number of hydrogen-bond acceptors (Lipinski definition) is 2. The second-order valence-corrected chi connectivity index (χ2v) is 5.29. The molecule has 20 heavy (non-hydrogen) atoms. The van der Waals surface area contributed by atoms with E-state index in [4.69, 9.17) is 5.73 Å². The van der Waals surface area contributed by atoms with Crippen molar-refractivity contribution in [1.29, 1.82) is 0 Å². The monoisotopic (exact) mass is 266 g/mol. The highest BCUT2D eigenvalue weighted by Gasteiger charge is 2.24. The first kappa shape index (κ1) is 12.9. The van der Waals surface area contributed by atoms with Crippen LogP contribution in [0.5, 0.6) is 0 Å². The van der Waals surface area contributed by atoms with E-state index in [1.165, 1.54) is 23.1 Å². The lowest BCUT2D eigenvalue weighted by Crippen LogP contribution is -2.28. The van der Waals surface area contributed by atoms with Crippen LogP contribution in [0.2, 0.25) is 0 Å². The Kier molecular flexibility index (Phi) is 3.52. The fourth-order valence-corrected chi connectivity index (χ4v) is 2.72. The Morgan fingerprint density at radius 1 is 1.15 bits per heavy atom. The largest absolute Gasteiger partial charge is 0.366 e. The highest BCUT2D eigenvalue weighted by molar-refractivity contribution is 5.92. The van der Waals surface area contributed by atoms with Gasteiger partial charge in [-0.15, -0.1) is 0 Å². The lowest BCUT2D eigenvalue weighted by atomic mass is 9.77. The van der Waals surface area contributed by atoms with Crippen LogP contribution in [0.25, 0.3) is 0 Å². The number of hydrogen-bond donors (Lipinski definition) is 2. The normalized spacial score (nSPS) is 16.3. The molecule has 0 aromatic heterocycles. The van der Waals surface area contributed by atoms with E-state index < -0.39 is 0 Å². The van der Waals surface area contributed by atoms with E-state index in [0.717, 1.165) is 13.1 Å². The molecule has 3 N–H and O–H groups in total. The smallest absolute Gasteiger partial charge is 0.248 e. The summed E-state index contributed by atoms with van der Waals surface area (Å²) in [5.74, 6) is 0.256. The average molecular weight is 266 g/mol. The number of nitrogens with two attached hydrogens (primary N) is 1. The summed E-state index contributed by atoms with van der Waals surface area (Å²) in [6, 6.07) is 16.1. The van der Waals surface area contributed by atoms with Gasteiger partial charge in [0.25, 0.3) is 0 Å². The minimum atomic E-state index is -0.379. The fraction of sp³-hybridized carbons (Fsp3) is 0.235. The van der Waals surface area contributed by atoms with Crippen molar-refractivity contribution >= 4 is 5.91 Å². The summed E-state index contributed by atoms with van der Waals surface area (Å²) in [6.45, 7) is 1.81. The fourth-order valence-electron chi connectivity index (χ4n) is 2.72. The van der Waals surface area contributed by atoms with Crippen molar-refractivity contribution in [3.05, 3.63) is 70.8 Å². The van der Waals surface area contributed by atoms with Crippen LogP contribution >= 0.6 is 0 Å². The van der Waals surface area contributed by atoms with E-state index >= 15 is 0 Å². The third-order valence-electron chi connectivity index (χ3n) is 3.92. The van der Waals surface area contributed by atoms with Crippen molar-refractivity contribution in [3.8, 4) is 0 Å². The molecule has 1 aliphatic carbocycles. The van der Waals surface area contributed by atoms with Gasteiger partial charge in [-0.3, -0.25) is 4.79 Å². The van der Waals surface area contributed by atoms with Crippen molar-refractivity contribution in [1.82, 2.24) is 5.32 Å². The molecule has 2 aromatic rings. The highest BCUT2D eigenvalue weighted by Crippen LogP contribution is 2.33. The van der Waals surface area contributed by atoms with Gasteiger partial charge < -0.3 is 11.1 Å². The molecule has 1 aliphatic rings. The van der Waals surface area contributed by atoms with Crippen LogP contribution in [0.1, 0.15) is 33.0 Å². The molecule has 2 aromatic carbocycles. The molecule has 0 heterocycles. The number of benzene rings is 2. The zero-order valence-electron chi connectivity index (χ0n) is 11.3. The average Bonchev–Trinajstić information content (AvgIpc) is 2.44. The molecular weight excluding hydrogens is 248 g/mol. The Hall–Kier alpha value is -2.13. The molecule has 0 saturated heterocycles. The Balaban J connectivity index is 1.50. The maximum Gasteiger partial charge on any atom is 0.248 e. The van der Waals surface area contributed by atoms with Gasteiger partial charge in [0.05, 0.1) is 0 Å². The molecular formula is C17H18N2O. The summed E-state index contributed by atoms with van der Waals surface area (Å²) in [4.78, 5) is 11.0. The Labute approximate surface area is 118 Å². The van der Waals surface area contributed by atoms with Crippen LogP contribution in [-0.4, -0.2) is 12.5 Å². The van der Waals surface area contributed by atoms with E-state index in [-0.39, 0.29) is 5.91 Å². The summed E-state index contributed by atoms with van der Waals surface area (Å²) in [5, 5.41) is 3.48. The number of nitrogens with one attached hydrogen (secondary N) is 1. The quantitative estimate of drug-likeness (QED) is 0.872. The number of carbonyl (C=O) groups is 1. The van der Waals surface area contributed by atoms with E-state index in [9.17, 15) is 4.79 Å². The van der Waals surface area contributed by atoms with Gasteiger partial charge in [-0.25, -0.2) is 0 Å². The minimum Gasteiger partial charge on any atom is -0.366 e. The van der Waals surface area contributed by atoms with E-state index in [1.54, 1.807) is 12.1 Å². The van der Waals surface area contributed by atoms with E-state index in [1.807, 2.05) is 12.1 Å². The van der Waals surface area contributed by atoms with Crippen LogP contribution in [0, 0.1) is 0 Å². The highest BCUT2D eigenvalue weighted by atomic mass is 16.1. The van der Waals surface area contributed by atoms with Crippen LogP contribution in [0.15, 0.2) is 48.5 Å². The third kappa shape index (κ3) is 2.58. The molecule has 3 rings (SSSR count). The maximum absolute atomic E-state index is 11.0. The zero-order valence-corrected chi connectivity index (χ0v) is 11.3. The molecule has 1 amide bonds. The molecule has 0 radical (unpaired) electrons. The van der Waals surface area contributed by atoms with Gasteiger partial charge in [-0.05, 0) is 35.2 Å². The first-order valence-electron chi connectivity index (χ1n) is 6.91. The van der Waals surface area contributed by atoms with Crippen molar-refractivity contribution in [3.63, 3.8) is 0 Å². The molecule has 102 valence electrons. The minimum absolute atomic E-state index is 0.379. The van der Waals surface area contributed by atoms with Gasteiger partial charge in [-0.1, -0.05) is 36.4 Å². The van der Waals surface area contributed by atoms with Crippen molar-refractivity contribution in [2.45, 2.75) is 18.9 Å².